The molecule has 4 nitrogen and oxygen atoms in total. The van der Waals surface area contributed by atoms with Crippen LogP contribution in [0.15, 0.2) is 23.2 Å². The molecule has 0 saturated heterocycles. The Morgan fingerprint density at radius 3 is 2.76 bits per heavy atom. The maximum absolute atomic E-state index is 6.24. The molecule has 0 radical (unpaired) electrons. The van der Waals surface area contributed by atoms with E-state index in [0.717, 1.165) is 23.7 Å². The number of hydrogen-bond acceptors (Lipinski definition) is 3. The molecule has 0 fully saturated rings. The van der Waals surface area contributed by atoms with Crippen molar-refractivity contribution in [1.82, 2.24) is 0 Å². The van der Waals surface area contributed by atoms with Crippen LogP contribution in [0.25, 0.3) is 0 Å². The number of ether oxygens (including phenoxy) is 1. The number of hydrogen-bond donors (Lipinski definition) is 2. The fourth-order valence-electron chi connectivity index (χ4n) is 1.59. The SMILES string of the molecule is CC(C)CCOc1ccc(CSCCN=C(N)N)cc1Cl. The Kier molecular flexibility index (Phi) is 8.38. The maximum Gasteiger partial charge on any atom is 0.185 e. The molecular weight excluding hydrogens is 306 g/mol. The highest BCUT2D eigenvalue weighted by Gasteiger charge is 2.04. The lowest BCUT2D eigenvalue weighted by atomic mass is 10.1. The number of benzene rings is 1. The van der Waals surface area contributed by atoms with Crippen LogP contribution in [0, 0.1) is 5.92 Å². The van der Waals surface area contributed by atoms with E-state index in [1.165, 1.54) is 5.56 Å². The lowest BCUT2D eigenvalue weighted by molar-refractivity contribution is 0.289. The fraction of sp³-hybridized carbons (Fsp3) is 0.533. The van der Waals surface area contributed by atoms with Gasteiger partial charge in [0.15, 0.2) is 5.96 Å². The summed E-state index contributed by atoms with van der Waals surface area (Å²) >= 11 is 8.00. The van der Waals surface area contributed by atoms with E-state index in [2.05, 4.69) is 18.8 Å². The standard InChI is InChI=1S/C15H24ClN3OS/c1-11(2)5-7-20-14-4-3-12(9-13(14)16)10-21-8-6-19-15(17)18/h3-4,9,11H,5-8,10H2,1-2H3,(H4,17,18,19). The van der Waals surface area contributed by atoms with Crippen LogP contribution >= 0.6 is 23.4 Å². The topological polar surface area (TPSA) is 73.6 Å². The van der Waals surface area contributed by atoms with E-state index in [-0.39, 0.29) is 5.96 Å². The average molecular weight is 330 g/mol. The van der Waals surface area contributed by atoms with Crippen molar-refractivity contribution >= 4 is 29.3 Å². The Hall–Kier alpha value is -1.07. The highest BCUT2D eigenvalue weighted by molar-refractivity contribution is 7.98. The first kappa shape index (κ1) is 18.0. The molecule has 0 atom stereocenters. The van der Waals surface area contributed by atoms with Crippen molar-refractivity contribution in [3.63, 3.8) is 0 Å². The van der Waals surface area contributed by atoms with Gasteiger partial charge < -0.3 is 16.2 Å². The van der Waals surface area contributed by atoms with Gasteiger partial charge in [-0.2, -0.15) is 11.8 Å². The summed E-state index contributed by atoms with van der Waals surface area (Å²) in [4.78, 5) is 3.94. The van der Waals surface area contributed by atoms with E-state index in [1.54, 1.807) is 11.8 Å². The van der Waals surface area contributed by atoms with Crippen molar-refractivity contribution in [1.29, 1.82) is 0 Å². The van der Waals surface area contributed by atoms with Crippen molar-refractivity contribution in [2.24, 2.45) is 22.4 Å². The van der Waals surface area contributed by atoms with Gasteiger partial charge in [0.05, 0.1) is 18.2 Å². The van der Waals surface area contributed by atoms with Gasteiger partial charge in [-0.15, -0.1) is 0 Å². The van der Waals surface area contributed by atoms with Crippen LogP contribution in [0.1, 0.15) is 25.8 Å². The molecule has 118 valence electrons. The first-order chi connectivity index (χ1) is 9.99. The van der Waals surface area contributed by atoms with Crippen molar-refractivity contribution in [3.8, 4) is 5.75 Å². The highest BCUT2D eigenvalue weighted by atomic mass is 35.5. The second kappa shape index (κ2) is 9.79. The predicted octanol–water partition coefficient (Wildman–Crippen LogP) is 3.27. The molecular formula is C15H24ClN3OS. The summed E-state index contributed by atoms with van der Waals surface area (Å²) in [5.74, 6) is 3.28. The van der Waals surface area contributed by atoms with Gasteiger partial charge in [-0.05, 0) is 30.0 Å². The quantitative estimate of drug-likeness (QED) is 0.414. The molecule has 0 bridgehead atoms. The second-order valence-electron chi connectivity index (χ2n) is 5.15. The van der Waals surface area contributed by atoms with Gasteiger partial charge in [0.2, 0.25) is 0 Å². The zero-order valence-electron chi connectivity index (χ0n) is 12.6. The Morgan fingerprint density at radius 2 is 2.14 bits per heavy atom. The monoisotopic (exact) mass is 329 g/mol. The molecule has 0 aliphatic carbocycles. The van der Waals surface area contributed by atoms with Gasteiger partial charge in [-0.1, -0.05) is 31.5 Å². The van der Waals surface area contributed by atoms with Crippen molar-refractivity contribution in [2.45, 2.75) is 26.0 Å². The second-order valence-corrected chi connectivity index (χ2v) is 6.67. The fourth-order valence-corrected chi connectivity index (χ4v) is 2.62. The van der Waals surface area contributed by atoms with Crippen LogP contribution in [0.5, 0.6) is 5.75 Å². The summed E-state index contributed by atoms with van der Waals surface area (Å²) in [6.07, 6.45) is 1.03. The Labute approximate surface area is 136 Å². The van der Waals surface area contributed by atoms with Crippen LogP contribution in [-0.2, 0) is 5.75 Å². The van der Waals surface area contributed by atoms with Crippen molar-refractivity contribution in [2.75, 3.05) is 18.9 Å². The number of guanidine groups is 1. The normalized spacial score (nSPS) is 10.7. The summed E-state index contributed by atoms with van der Waals surface area (Å²) in [5, 5.41) is 0.668. The predicted molar refractivity (Wildman–Crippen MR) is 93.2 cm³/mol. The molecule has 0 aliphatic rings. The van der Waals surface area contributed by atoms with Crippen LogP contribution < -0.4 is 16.2 Å². The first-order valence-corrected chi connectivity index (χ1v) is 8.56. The molecule has 0 heterocycles. The Morgan fingerprint density at radius 1 is 1.38 bits per heavy atom. The minimum atomic E-state index is 0.140. The van der Waals surface area contributed by atoms with Crippen molar-refractivity contribution in [3.05, 3.63) is 28.8 Å². The molecule has 6 heteroatoms. The van der Waals surface area contributed by atoms with E-state index in [9.17, 15) is 0 Å². The number of rotatable bonds is 9. The Balaban J connectivity index is 2.37. The zero-order valence-corrected chi connectivity index (χ0v) is 14.2. The van der Waals surface area contributed by atoms with Gasteiger partial charge >= 0.3 is 0 Å². The zero-order chi connectivity index (χ0) is 15.7. The maximum atomic E-state index is 6.24. The molecule has 0 aromatic heterocycles. The molecule has 0 saturated carbocycles. The summed E-state index contributed by atoms with van der Waals surface area (Å²) in [6.45, 7) is 5.68. The van der Waals surface area contributed by atoms with Crippen LogP contribution in [0.4, 0.5) is 0 Å². The molecule has 21 heavy (non-hydrogen) atoms. The first-order valence-electron chi connectivity index (χ1n) is 7.03. The smallest absolute Gasteiger partial charge is 0.185 e. The Bertz CT molecular complexity index is 462. The van der Waals surface area contributed by atoms with Crippen LogP contribution in [-0.4, -0.2) is 24.9 Å². The third kappa shape index (κ3) is 8.07. The van der Waals surface area contributed by atoms with Crippen LogP contribution in [0.3, 0.4) is 0 Å². The molecule has 1 aromatic carbocycles. The largest absolute Gasteiger partial charge is 0.492 e. The van der Waals surface area contributed by atoms with Crippen LogP contribution in [0.2, 0.25) is 5.02 Å². The summed E-state index contributed by atoms with van der Waals surface area (Å²) in [7, 11) is 0. The van der Waals surface area contributed by atoms with Gasteiger partial charge in [0.25, 0.3) is 0 Å². The van der Waals surface area contributed by atoms with E-state index in [1.807, 2.05) is 18.2 Å². The van der Waals surface area contributed by atoms with Gasteiger partial charge in [-0.3, -0.25) is 4.99 Å². The minimum absolute atomic E-state index is 0.140. The number of aliphatic imine (C=N–C) groups is 1. The summed E-state index contributed by atoms with van der Waals surface area (Å²) in [6, 6.07) is 5.94. The summed E-state index contributed by atoms with van der Waals surface area (Å²) < 4.78 is 5.69. The van der Waals surface area contributed by atoms with Gasteiger partial charge in [-0.25, -0.2) is 0 Å². The van der Waals surface area contributed by atoms with E-state index in [0.29, 0.717) is 24.1 Å². The molecule has 0 spiro atoms. The molecule has 0 amide bonds. The molecule has 1 aromatic rings. The average Bonchev–Trinajstić information content (AvgIpc) is 2.40. The molecule has 0 unspecified atom stereocenters. The number of halogens is 1. The minimum Gasteiger partial charge on any atom is -0.492 e. The van der Waals surface area contributed by atoms with Gasteiger partial charge in [0, 0.05) is 11.5 Å². The van der Waals surface area contributed by atoms with E-state index < -0.39 is 0 Å². The lowest BCUT2D eigenvalue weighted by Crippen LogP contribution is -2.23. The molecule has 1 rings (SSSR count). The highest BCUT2D eigenvalue weighted by Crippen LogP contribution is 2.27. The van der Waals surface area contributed by atoms with E-state index in [4.69, 9.17) is 27.8 Å². The van der Waals surface area contributed by atoms with E-state index >= 15 is 0 Å². The molecule has 0 aliphatic heterocycles. The number of thioether (sulfide) groups is 1. The third-order valence-corrected chi connectivity index (χ3v) is 4.05. The van der Waals surface area contributed by atoms with Crippen molar-refractivity contribution < 1.29 is 4.74 Å². The lowest BCUT2D eigenvalue weighted by Gasteiger charge is -2.10. The molecule has 4 N–H and O–H groups in total. The van der Waals surface area contributed by atoms with Gasteiger partial charge in [0.1, 0.15) is 5.75 Å². The number of nitrogens with two attached hydrogens (primary N) is 2. The number of nitrogens with zero attached hydrogens (tertiary/aromatic N) is 1. The summed E-state index contributed by atoms with van der Waals surface area (Å²) in [5.41, 5.74) is 11.7. The third-order valence-electron chi connectivity index (χ3n) is 2.75.